The Morgan fingerprint density at radius 1 is 1.06 bits per heavy atom. The van der Waals surface area contributed by atoms with Crippen LogP contribution in [0.15, 0.2) is 66.7 Å². The van der Waals surface area contributed by atoms with Crippen LogP contribution in [0.1, 0.15) is 66.3 Å². The molecule has 0 saturated carbocycles. The van der Waals surface area contributed by atoms with Gasteiger partial charge >= 0.3 is 6.18 Å². The molecule has 0 aliphatic heterocycles. The summed E-state index contributed by atoms with van der Waals surface area (Å²) < 4.78 is 46.7. The summed E-state index contributed by atoms with van der Waals surface area (Å²) >= 11 is 0. The van der Waals surface area contributed by atoms with Crippen LogP contribution in [-0.2, 0) is 23.9 Å². The quantitative estimate of drug-likeness (QED) is 0.365. The molecule has 1 unspecified atom stereocenters. The molecule has 3 nitrogen and oxygen atoms in total. The summed E-state index contributed by atoms with van der Waals surface area (Å²) in [5, 5.41) is 0. The fourth-order valence-corrected chi connectivity index (χ4v) is 4.79. The molecule has 3 aromatic rings. The molecular formula is C29H30F3NO2. The van der Waals surface area contributed by atoms with Crippen LogP contribution in [0, 0.1) is 0 Å². The molecule has 0 aromatic heterocycles. The maximum absolute atomic E-state index is 14.0. The minimum absolute atomic E-state index is 0.0722. The number of amides is 1. The molecule has 0 radical (unpaired) electrons. The lowest BCUT2D eigenvalue weighted by molar-refractivity contribution is -0.138. The van der Waals surface area contributed by atoms with Crippen LogP contribution in [0.25, 0.3) is 0 Å². The summed E-state index contributed by atoms with van der Waals surface area (Å²) in [4.78, 5) is 15.6. The van der Waals surface area contributed by atoms with Gasteiger partial charge in [0.2, 0.25) is 5.91 Å². The molecule has 4 rings (SSSR count). The molecule has 0 saturated heterocycles. The number of rotatable bonds is 6. The first-order valence-electron chi connectivity index (χ1n) is 11.9. The monoisotopic (exact) mass is 481 g/mol. The van der Waals surface area contributed by atoms with E-state index in [-0.39, 0.29) is 18.0 Å². The molecule has 1 amide bonds. The van der Waals surface area contributed by atoms with Gasteiger partial charge in [0.25, 0.3) is 0 Å². The van der Waals surface area contributed by atoms with Crippen LogP contribution in [0.4, 0.5) is 18.9 Å². The Labute approximate surface area is 204 Å². The molecule has 3 aromatic carbocycles. The number of halogens is 3. The summed E-state index contributed by atoms with van der Waals surface area (Å²) in [6.07, 6.45) is -2.16. The number of nitrogens with zero attached hydrogens (tertiary/aromatic N) is 1. The van der Waals surface area contributed by atoms with Gasteiger partial charge in [0, 0.05) is 5.69 Å². The normalized spacial score (nSPS) is 15.6. The average Bonchev–Trinajstić information content (AvgIpc) is 2.86. The number of methoxy groups -OCH3 is 1. The van der Waals surface area contributed by atoms with Crippen LogP contribution in [0.2, 0.25) is 0 Å². The van der Waals surface area contributed by atoms with Gasteiger partial charge in [-0.3, -0.25) is 4.79 Å². The van der Waals surface area contributed by atoms with Gasteiger partial charge in [0.15, 0.2) is 0 Å². The highest BCUT2D eigenvalue weighted by Crippen LogP contribution is 2.38. The molecule has 1 aliphatic carbocycles. The van der Waals surface area contributed by atoms with E-state index in [9.17, 15) is 18.0 Å². The summed E-state index contributed by atoms with van der Waals surface area (Å²) in [5.74, 6) is 0.320. The van der Waals surface area contributed by atoms with Crippen LogP contribution in [-0.4, -0.2) is 13.0 Å². The van der Waals surface area contributed by atoms with Gasteiger partial charge in [-0.05, 0) is 77.8 Å². The predicted molar refractivity (Wildman–Crippen MR) is 132 cm³/mol. The van der Waals surface area contributed by atoms with Crippen molar-refractivity contribution in [2.24, 2.45) is 0 Å². The largest absolute Gasteiger partial charge is 0.497 e. The number of ether oxygens (including phenoxy) is 1. The summed E-state index contributed by atoms with van der Waals surface area (Å²) in [7, 11) is 1.58. The van der Waals surface area contributed by atoms with E-state index in [1.54, 1.807) is 13.2 Å². The van der Waals surface area contributed by atoms with Crippen molar-refractivity contribution in [1.29, 1.82) is 0 Å². The molecule has 184 valence electrons. The average molecular weight is 482 g/mol. The highest BCUT2D eigenvalue weighted by atomic mass is 19.4. The fraction of sp³-hybridized carbons (Fsp3) is 0.345. The number of aryl methyl sites for hydroxylation is 1. The first kappa shape index (κ1) is 24.8. The third-order valence-corrected chi connectivity index (χ3v) is 6.75. The second-order valence-electron chi connectivity index (χ2n) is 9.34. The molecule has 0 spiro atoms. The van der Waals surface area contributed by atoms with E-state index < -0.39 is 17.7 Å². The van der Waals surface area contributed by atoms with Crippen molar-refractivity contribution in [1.82, 2.24) is 0 Å². The Balaban J connectivity index is 1.77. The topological polar surface area (TPSA) is 29.5 Å². The molecule has 0 heterocycles. The highest BCUT2D eigenvalue weighted by molar-refractivity contribution is 5.98. The smallest absolute Gasteiger partial charge is 0.416 e. The fourth-order valence-electron chi connectivity index (χ4n) is 4.79. The Morgan fingerprint density at radius 2 is 1.77 bits per heavy atom. The second kappa shape index (κ2) is 10.1. The lowest BCUT2D eigenvalue weighted by Crippen LogP contribution is -2.36. The number of carbonyl (C=O) groups excluding carboxylic acids is 1. The second-order valence-corrected chi connectivity index (χ2v) is 9.34. The van der Waals surface area contributed by atoms with E-state index >= 15 is 0 Å². The van der Waals surface area contributed by atoms with Crippen molar-refractivity contribution in [3.8, 4) is 5.75 Å². The molecule has 0 fully saturated rings. The van der Waals surface area contributed by atoms with E-state index in [2.05, 4.69) is 13.8 Å². The molecule has 35 heavy (non-hydrogen) atoms. The minimum Gasteiger partial charge on any atom is -0.497 e. The van der Waals surface area contributed by atoms with Crippen molar-refractivity contribution in [2.75, 3.05) is 12.0 Å². The molecule has 1 atom stereocenters. The van der Waals surface area contributed by atoms with Crippen LogP contribution < -0.4 is 9.64 Å². The highest BCUT2D eigenvalue weighted by Gasteiger charge is 2.36. The van der Waals surface area contributed by atoms with Crippen molar-refractivity contribution in [2.45, 2.75) is 57.7 Å². The molecule has 1 aliphatic rings. The van der Waals surface area contributed by atoms with Crippen molar-refractivity contribution in [3.05, 3.63) is 94.5 Å². The number of alkyl halides is 3. The number of hydrogen-bond donors (Lipinski definition) is 0. The lowest BCUT2D eigenvalue weighted by atomic mass is 9.81. The van der Waals surface area contributed by atoms with Gasteiger partial charge in [-0.2, -0.15) is 13.2 Å². The lowest BCUT2D eigenvalue weighted by Gasteiger charge is -2.32. The maximum Gasteiger partial charge on any atom is 0.416 e. The van der Waals surface area contributed by atoms with Crippen molar-refractivity contribution < 1.29 is 22.7 Å². The van der Waals surface area contributed by atoms with Crippen molar-refractivity contribution in [3.63, 3.8) is 0 Å². The van der Waals surface area contributed by atoms with Gasteiger partial charge in [-0.25, -0.2) is 0 Å². The van der Waals surface area contributed by atoms with Gasteiger partial charge in [-0.15, -0.1) is 0 Å². The summed E-state index contributed by atoms with van der Waals surface area (Å²) in [6, 6.07) is 18.8. The first-order valence-corrected chi connectivity index (χ1v) is 11.9. The number of carbonyl (C=O) groups is 1. The van der Waals surface area contributed by atoms with Crippen LogP contribution in [0.3, 0.4) is 0 Å². The van der Waals surface area contributed by atoms with E-state index in [4.69, 9.17) is 4.74 Å². The molecular weight excluding hydrogens is 451 g/mol. The Bertz CT molecular complexity index is 1190. The van der Waals surface area contributed by atoms with E-state index in [0.717, 1.165) is 35.6 Å². The minimum atomic E-state index is -4.50. The molecule has 0 N–H and O–H groups in total. The Hall–Kier alpha value is -3.28. The summed E-state index contributed by atoms with van der Waals surface area (Å²) in [5.41, 5.74) is 3.02. The zero-order valence-electron chi connectivity index (χ0n) is 20.2. The van der Waals surface area contributed by atoms with Gasteiger partial charge in [-0.1, -0.05) is 50.2 Å². The Kier molecular flexibility index (Phi) is 7.20. The Morgan fingerprint density at radius 3 is 2.43 bits per heavy atom. The zero-order chi connectivity index (χ0) is 25.2. The van der Waals surface area contributed by atoms with E-state index in [1.807, 2.05) is 42.5 Å². The first-order chi connectivity index (χ1) is 16.7. The number of fused-ring (bicyclic) bond motifs is 1. The van der Waals surface area contributed by atoms with Gasteiger partial charge in [0.05, 0.1) is 25.1 Å². The van der Waals surface area contributed by atoms with Crippen LogP contribution >= 0.6 is 0 Å². The summed E-state index contributed by atoms with van der Waals surface area (Å²) in [6.45, 7) is 3.99. The number of anilines is 1. The third kappa shape index (κ3) is 5.37. The molecule has 0 bridgehead atoms. The molecule has 6 heteroatoms. The standard InChI is InChI=1S/C29H30F3NO2/c1-19(2)20-11-14-23(15-12-20)33(18-22-7-4-5-10-27(22)29(30,31)32)28(34)25-9-6-8-21-13-16-24(35-3)17-26(21)25/h4-5,7,10-17,19,25H,6,8-9,18H2,1-3H3. The zero-order valence-corrected chi connectivity index (χ0v) is 20.2. The SMILES string of the molecule is COc1ccc2c(c1)C(C(=O)N(Cc1ccccc1C(F)(F)F)c1ccc(C(C)C)cc1)CCC2. The van der Waals surface area contributed by atoms with Gasteiger partial charge < -0.3 is 9.64 Å². The van der Waals surface area contributed by atoms with Crippen LogP contribution in [0.5, 0.6) is 5.75 Å². The van der Waals surface area contributed by atoms with E-state index in [1.165, 1.54) is 17.0 Å². The number of hydrogen-bond acceptors (Lipinski definition) is 2. The van der Waals surface area contributed by atoms with E-state index in [0.29, 0.717) is 23.8 Å². The van der Waals surface area contributed by atoms with Crippen molar-refractivity contribution >= 4 is 11.6 Å². The third-order valence-electron chi connectivity index (χ3n) is 6.75. The maximum atomic E-state index is 14.0. The van der Waals surface area contributed by atoms with Gasteiger partial charge in [0.1, 0.15) is 5.75 Å². The predicted octanol–water partition coefficient (Wildman–Crippen LogP) is 7.49. The number of benzene rings is 3.